The molecule has 0 amide bonds. The molecule has 5 heteroatoms. The predicted octanol–water partition coefficient (Wildman–Crippen LogP) is 2.51. The van der Waals surface area contributed by atoms with Gasteiger partial charge in [-0.2, -0.15) is 13.2 Å². The van der Waals surface area contributed by atoms with Gasteiger partial charge in [0.25, 0.3) is 0 Å². The van der Waals surface area contributed by atoms with Crippen molar-refractivity contribution in [3.05, 3.63) is 35.4 Å². The molecule has 2 nitrogen and oxygen atoms in total. The van der Waals surface area contributed by atoms with Gasteiger partial charge in [0.1, 0.15) is 0 Å². The monoisotopic (exact) mass is 189 g/mol. The first-order valence-electron chi connectivity index (χ1n) is 3.39. The highest BCUT2D eigenvalue weighted by molar-refractivity contribution is 5.78. The molecule has 0 atom stereocenters. The van der Waals surface area contributed by atoms with Crippen molar-refractivity contribution in [3.8, 4) is 0 Å². The average molecular weight is 189 g/mol. The maximum absolute atomic E-state index is 12.0. The van der Waals surface area contributed by atoms with Crippen LogP contribution >= 0.6 is 0 Å². The molecule has 0 fully saturated rings. The lowest BCUT2D eigenvalue weighted by atomic mass is 10.1. The lowest BCUT2D eigenvalue weighted by Crippen LogP contribution is -2.04. The summed E-state index contributed by atoms with van der Waals surface area (Å²) in [5.74, 6) is 0. The van der Waals surface area contributed by atoms with Gasteiger partial charge in [-0.3, -0.25) is 0 Å². The minimum absolute atomic E-state index is 0.413. The molecule has 0 unspecified atom stereocenters. The molecule has 70 valence electrons. The zero-order chi connectivity index (χ0) is 9.90. The Hall–Kier alpha value is -1.52. The van der Waals surface area contributed by atoms with Gasteiger partial charge in [0.15, 0.2) is 0 Å². The zero-order valence-electron chi connectivity index (χ0n) is 6.42. The Morgan fingerprint density at radius 3 is 2.08 bits per heavy atom. The lowest BCUT2D eigenvalue weighted by Gasteiger charge is -2.05. The van der Waals surface area contributed by atoms with Gasteiger partial charge in [-0.25, -0.2) is 0 Å². The minimum atomic E-state index is -4.32. The molecular formula is C8H6F3NO. The summed E-state index contributed by atoms with van der Waals surface area (Å²) < 4.78 is 36.1. The van der Waals surface area contributed by atoms with Gasteiger partial charge in [-0.05, 0) is 17.7 Å². The van der Waals surface area contributed by atoms with E-state index < -0.39 is 11.7 Å². The van der Waals surface area contributed by atoms with Crippen molar-refractivity contribution in [2.24, 2.45) is 5.16 Å². The number of hydrogen-bond acceptors (Lipinski definition) is 2. The Balaban J connectivity index is 2.94. The molecule has 1 N–H and O–H groups in total. The Bertz CT molecular complexity index is 302. The van der Waals surface area contributed by atoms with E-state index in [2.05, 4.69) is 5.16 Å². The zero-order valence-corrected chi connectivity index (χ0v) is 6.42. The van der Waals surface area contributed by atoms with Crippen LogP contribution in [0, 0.1) is 0 Å². The van der Waals surface area contributed by atoms with E-state index in [-0.39, 0.29) is 0 Å². The van der Waals surface area contributed by atoms with Crippen molar-refractivity contribution in [1.29, 1.82) is 0 Å². The number of halogens is 3. The van der Waals surface area contributed by atoms with Crippen LogP contribution in [0.3, 0.4) is 0 Å². The van der Waals surface area contributed by atoms with E-state index in [1.54, 1.807) is 0 Å². The quantitative estimate of drug-likeness (QED) is 0.411. The van der Waals surface area contributed by atoms with Crippen LogP contribution in [0.2, 0.25) is 0 Å². The summed E-state index contributed by atoms with van der Waals surface area (Å²) in [5, 5.41) is 10.8. The summed E-state index contributed by atoms with van der Waals surface area (Å²) in [6.45, 7) is 0. The van der Waals surface area contributed by atoms with E-state index in [0.29, 0.717) is 5.56 Å². The number of oxime groups is 1. The summed E-state index contributed by atoms with van der Waals surface area (Å²) in [5.41, 5.74) is -0.307. The number of rotatable bonds is 1. The average Bonchev–Trinajstić information content (AvgIpc) is 2.04. The first kappa shape index (κ1) is 9.57. The van der Waals surface area contributed by atoms with Gasteiger partial charge < -0.3 is 5.21 Å². The van der Waals surface area contributed by atoms with Crippen LogP contribution in [0.4, 0.5) is 13.2 Å². The topological polar surface area (TPSA) is 32.6 Å². The molecule has 1 aromatic rings. The lowest BCUT2D eigenvalue weighted by molar-refractivity contribution is -0.137. The number of nitrogens with zero attached hydrogens (tertiary/aromatic N) is 1. The highest BCUT2D eigenvalue weighted by Gasteiger charge is 2.29. The van der Waals surface area contributed by atoms with Crippen LogP contribution in [0.1, 0.15) is 11.1 Å². The summed E-state index contributed by atoms with van der Waals surface area (Å²) in [6.07, 6.45) is -3.27. The summed E-state index contributed by atoms with van der Waals surface area (Å²) in [7, 11) is 0. The van der Waals surface area contributed by atoms with Crippen molar-refractivity contribution in [2.75, 3.05) is 0 Å². The number of benzene rings is 1. The van der Waals surface area contributed by atoms with E-state index in [1.165, 1.54) is 12.1 Å². The SMILES string of the molecule is O/N=C/c1ccc(C(F)(F)F)cc1. The standard InChI is InChI=1S/C8H6F3NO/c9-8(10,11)7-3-1-6(2-4-7)5-12-13/h1-5,13H/b12-5+. The van der Waals surface area contributed by atoms with E-state index in [0.717, 1.165) is 18.3 Å². The third kappa shape index (κ3) is 2.47. The molecule has 0 radical (unpaired) electrons. The number of alkyl halides is 3. The normalized spacial score (nSPS) is 12.2. The fourth-order valence-electron chi connectivity index (χ4n) is 0.825. The molecule has 0 aliphatic rings. The van der Waals surface area contributed by atoms with E-state index >= 15 is 0 Å². The van der Waals surface area contributed by atoms with Crippen molar-refractivity contribution in [3.63, 3.8) is 0 Å². The van der Waals surface area contributed by atoms with Crippen LogP contribution in [0.25, 0.3) is 0 Å². The first-order chi connectivity index (χ1) is 6.04. The summed E-state index contributed by atoms with van der Waals surface area (Å²) in [4.78, 5) is 0. The first-order valence-corrected chi connectivity index (χ1v) is 3.39. The van der Waals surface area contributed by atoms with Crippen LogP contribution < -0.4 is 0 Å². The summed E-state index contributed by atoms with van der Waals surface area (Å²) >= 11 is 0. The molecule has 1 aromatic carbocycles. The van der Waals surface area contributed by atoms with Crippen LogP contribution in [0.15, 0.2) is 29.4 Å². The minimum Gasteiger partial charge on any atom is -0.411 e. The molecule has 0 saturated carbocycles. The third-order valence-electron chi connectivity index (χ3n) is 1.44. The van der Waals surface area contributed by atoms with Crippen LogP contribution in [-0.4, -0.2) is 11.4 Å². The molecule has 0 aliphatic carbocycles. The van der Waals surface area contributed by atoms with Crippen molar-refractivity contribution in [1.82, 2.24) is 0 Å². The van der Waals surface area contributed by atoms with Crippen molar-refractivity contribution in [2.45, 2.75) is 6.18 Å². The molecule has 1 rings (SSSR count). The molecule has 0 saturated heterocycles. The second kappa shape index (κ2) is 3.47. The van der Waals surface area contributed by atoms with Gasteiger partial charge in [-0.1, -0.05) is 17.3 Å². The fraction of sp³-hybridized carbons (Fsp3) is 0.125. The smallest absolute Gasteiger partial charge is 0.411 e. The Morgan fingerprint density at radius 2 is 1.69 bits per heavy atom. The van der Waals surface area contributed by atoms with Gasteiger partial charge in [0.2, 0.25) is 0 Å². The van der Waals surface area contributed by atoms with Crippen LogP contribution in [-0.2, 0) is 6.18 Å². The highest BCUT2D eigenvalue weighted by Crippen LogP contribution is 2.28. The molecule has 0 heterocycles. The molecule has 0 aliphatic heterocycles. The van der Waals surface area contributed by atoms with Crippen LogP contribution in [0.5, 0.6) is 0 Å². The number of hydrogen-bond donors (Lipinski definition) is 1. The predicted molar refractivity (Wildman–Crippen MR) is 40.8 cm³/mol. The fourth-order valence-corrected chi connectivity index (χ4v) is 0.825. The summed E-state index contributed by atoms with van der Waals surface area (Å²) in [6, 6.07) is 4.30. The largest absolute Gasteiger partial charge is 0.416 e. The van der Waals surface area contributed by atoms with Crippen molar-refractivity contribution >= 4 is 6.21 Å². The molecule has 0 spiro atoms. The molecule has 13 heavy (non-hydrogen) atoms. The van der Waals surface area contributed by atoms with E-state index in [4.69, 9.17) is 5.21 Å². The second-order valence-corrected chi connectivity index (χ2v) is 2.36. The molecular weight excluding hydrogens is 183 g/mol. The third-order valence-corrected chi connectivity index (χ3v) is 1.44. The van der Waals surface area contributed by atoms with Crippen molar-refractivity contribution < 1.29 is 18.4 Å². The second-order valence-electron chi connectivity index (χ2n) is 2.36. The van der Waals surface area contributed by atoms with Gasteiger partial charge >= 0.3 is 6.18 Å². The van der Waals surface area contributed by atoms with E-state index in [9.17, 15) is 13.2 Å². The Labute approximate surface area is 72.3 Å². The van der Waals surface area contributed by atoms with Gasteiger partial charge in [-0.15, -0.1) is 0 Å². The highest BCUT2D eigenvalue weighted by atomic mass is 19.4. The van der Waals surface area contributed by atoms with E-state index in [1.807, 2.05) is 0 Å². The maximum Gasteiger partial charge on any atom is 0.416 e. The molecule has 0 aromatic heterocycles. The maximum atomic E-state index is 12.0. The Kier molecular flexibility index (Phi) is 2.55. The Morgan fingerprint density at radius 1 is 1.15 bits per heavy atom. The molecule has 0 bridgehead atoms. The van der Waals surface area contributed by atoms with Gasteiger partial charge in [0, 0.05) is 0 Å². The van der Waals surface area contributed by atoms with Gasteiger partial charge in [0.05, 0.1) is 11.8 Å².